The third-order valence-corrected chi connectivity index (χ3v) is 2.86. The fourth-order valence-electron chi connectivity index (χ4n) is 1.93. The number of amides is 1. The number of pyridine rings is 1. The Balaban J connectivity index is 2.87. The van der Waals surface area contributed by atoms with Crippen molar-refractivity contribution < 1.29 is 29.0 Å². The van der Waals surface area contributed by atoms with Gasteiger partial charge in [-0.2, -0.15) is 0 Å². The van der Waals surface area contributed by atoms with Gasteiger partial charge < -0.3 is 19.9 Å². The predicted molar refractivity (Wildman–Crippen MR) is 93.9 cm³/mol. The SMILES string of the molecule is CC(C)(C)OC(=O)N[C@@H](Cc1ccnc(C(=O)OC(C)(C)C)c1)C(=O)O. The summed E-state index contributed by atoms with van der Waals surface area (Å²) in [5.74, 6) is -1.82. The average Bonchev–Trinajstić information content (AvgIpc) is 2.43. The van der Waals surface area contributed by atoms with Crippen LogP contribution in [0.4, 0.5) is 4.79 Å². The molecule has 0 aromatic carbocycles. The highest BCUT2D eigenvalue weighted by molar-refractivity contribution is 5.87. The van der Waals surface area contributed by atoms with Crippen LogP contribution in [-0.2, 0) is 20.7 Å². The largest absolute Gasteiger partial charge is 0.480 e. The number of carboxylic acids is 1. The second kappa shape index (κ2) is 8.16. The minimum absolute atomic E-state index is 0.0348. The minimum Gasteiger partial charge on any atom is -0.480 e. The summed E-state index contributed by atoms with van der Waals surface area (Å²) in [5.41, 5.74) is -0.826. The van der Waals surface area contributed by atoms with E-state index in [2.05, 4.69) is 10.3 Å². The van der Waals surface area contributed by atoms with Gasteiger partial charge >= 0.3 is 18.0 Å². The third kappa shape index (κ3) is 7.96. The van der Waals surface area contributed by atoms with E-state index >= 15 is 0 Å². The molecule has 0 spiro atoms. The molecule has 1 rings (SSSR count). The number of aliphatic carboxylic acids is 1. The fraction of sp³-hybridized carbons (Fsp3) is 0.556. The van der Waals surface area contributed by atoms with Gasteiger partial charge in [-0.25, -0.2) is 19.4 Å². The summed E-state index contributed by atoms with van der Waals surface area (Å²) < 4.78 is 10.3. The first-order chi connectivity index (χ1) is 11.8. The number of carbonyl (C=O) groups excluding carboxylic acids is 2. The summed E-state index contributed by atoms with van der Waals surface area (Å²) >= 11 is 0. The first-order valence-corrected chi connectivity index (χ1v) is 8.17. The number of esters is 1. The van der Waals surface area contributed by atoms with Crippen molar-refractivity contribution in [1.29, 1.82) is 0 Å². The van der Waals surface area contributed by atoms with Crippen molar-refractivity contribution in [2.75, 3.05) is 0 Å². The highest BCUT2D eigenvalue weighted by Gasteiger charge is 2.25. The Morgan fingerprint density at radius 1 is 1.12 bits per heavy atom. The number of hydrogen-bond donors (Lipinski definition) is 2. The number of ether oxygens (including phenoxy) is 2. The number of nitrogens with one attached hydrogen (secondary N) is 1. The number of hydrogen-bond acceptors (Lipinski definition) is 6. The molecule has 26 heavy (non-hydrogen) atoms. The van der Waals surface area contributed by atoms with Gasteiger partial charge in [0.05, 0.1) is 0 Å². The van der Waals surface area contributed by atoms with Crippen LogP contribution >= 0.6 is 0 Å². The maximum Gasteiger partial charge on any atom is 0.408 e. The summed E-state index contributed by atoms with van der Waals surface area (Å²) in [4.78, 5) is 39.3. The lowest BCUT2D eigenvalue weighted by Gasteiger charge is -2.22. The second-order valence-electron chi connectivity index (χ2n) is 7.79. The fourth-order valence-corrected chi connectivity index (χ4v) is 1.93. The molecule has 0 saturated carbocycles. The van der Waals surface area contributed by atoms with Gasteiger partial charge in [-0.15, -0.1) is 0 Å². The van der Waals surface area contributed by atoms with E-state index in [0.717, 1.165) is 0 Å². The Morgan fingerprint density at radius 2 is 1.69 bits per heavy atom. The van der Waals surface area contributed by atoms with E-state index in [-0.39, 0.29) is 12.1 Å². The van der Waals surface area contributed by atoms with Crippen LogP contribution in [0, 0.1) is 0 Å². The van der Waals surface area contributed by atoms with Crippen molar-refractivity contribution in [1.82, 2.24) is 10.3 Å². The molecule has 0 fully saturated rings. The summed E-state index contributed by atoms with van der Waals surface area (Å²) in [6, 6.07) is 1.81. The summed E-state index contributed by atoms with van der Waals surface area (Å²) in [7, 11) is 0. The molecule has 0 radical (unpaired) electrons. The van der Waals surface area contributed by atoms with Crippen LogP contribution in [0.15, 0.2) is 18.3 Å². The van der Waals surface area contributed by atoms with Gasteiger partial charge in [0.25, 0.3) is 0 Å². The molecule has 8 heteroatoms. The Bertz CT molecular complexity index is 673. The van der Waals surface area contributed by atoms with E-state index in [1.807, 2.05) is 0 Å². The van der Waals surface area contributed by atoms with Crippen molar-refractivity contribution in [2.24, 2.45) is 0 Å². The van der Waals surface area contributed by atoms with Crippen LogP contribution < -0.4 is 5.32 Å². The third-order valence-electron chi connectivity index (χ3n) is 2.86. The van der Waals surface area contributed by atoms with Crippen LogP contribution in [0.25, 0.3) is 0 Å². The molecular formula is C18H26N2O6. The molecular weight excluding hydrogens is 340 g/mol. The zero-order valence-corrected chi connectivity index (χ0v) is 16.0. The zero-order valence-electron chi connectivity index (χ0n) is 16.0. The monoisotopic (exact) mass is 366 g/mol. The Kier molecular flexibility index (Phi) is 6.72. The van der Waals surface area contributed by atoms with E-state index in [1.165, 1.54) is 12.3 Å². The van der Waals surface area contributed by atoms with Crippen molar-refractivity contribution in [2.45, 2.75) is 65.2 Å². The highest BCUT2D eigenvalue weighted by atomic mass is 16.6. The van der Waals surface area contributed by atoms with Gasteiger partial charge in [-0.1, -0.05) is 0 Å². The smallest absolute Gasteiger partial charge is 0.408 e. The number of alkyl carbamates (subject to hydrolysis) is 1. The lowest BCUT2D eigenvalue weighted by atomic mass is 10.1. The van der Waals surface area contributed by atoms with Gasteiger partial charge in [0.1, 0.15) is 22.9 Å². The molecule has 144 valence electrons. The zero-order chi connectivity index (χ0) is 20.1. The minimum atomic E-state index is -1.22. The summed E-state index contributed by atoms with van der Waals surface area (Å²) in [6.07, 6.45) is 0.528. The van der Waals surface area contributed by atoms with Gasteiger partial charge in [0.2, 0.25) is 0 Å². The first-order valence-electron chi connectivity index (χ1n) is 8.17. The first kappa shape index (κ1) is 21.4. The maximum atomic E-state index is 12.1. The summed E-state index contributed by atoms with van der Waals surface area (Å²) in [5, 5.41) is 11.6. The van der Waals surface area contributed by atoms with Crippen LogP contribution in [0.3, 0.4) is 0 Å². The number of nitrogens with zero attached hydrogens (tertiary/aromatic N) is 1. The van der Waals surface area contributed by atoms with Crippen LogP contribution in [0.5, 0.6) is 0 Å². The van der Waals surface area contributed by atoms with Gasteiger partial charge in [-0.05, 0) is 59.2 Å². The molecule has 1 aromatic rings. The summed E-state index contributed by atoms with van der Waals surface area (Å²) in [6.45, 7) is 10.2. The average molecular weight is 366 g/mol. The molecule has 0 bridgehead atoms. The number of aromatic nitrogens is 1. The Hall–Kier alpha value is -2.64. The molecule has 2 N–H and O–H groups in total. The second-order valence-corrected chi connectivity index (χ2v) is 7.79. The molecule has 1 aromatic heterocycles. The quantitative estimate of drug-likeness (QED) is 0.770. The molecule has 8 nitrogen and oxygen atoms in total. The molecule has 1 heterocycles. The Labute approximate surface area is 152 Å². The van der Waals surface area contributed by atoms with Crippen LogP contribution in [0.1, 0.15) is 57.6 Å². The van der Waals surface area contributed by atoms with Gasteiger partial charge in [0.15, 0.2) is 0 Å². The van der Waals surface area contributed by atoms with Gasteiger partial charge in [-0.3, -0.25) is 0 Å². The Morgan fingerprint density at radius 3 is 2.19 bits per heavy atom. The topological polar surface area (TPSA) is 115 Å². The standard InChI is InChI=1S/C18H26N2O6/c1-17(2,3)25-15(23)13-10-11(7-8-19-13)9-12(14(21)22)20-16(24)26-18(4,5)6/h7-8,10,12H,9H2,1-6H3,(H,20,24)(H,21,22)/t12-/m0/s1. The number of rotatable bonds is 5. The molecule has 0 aliphatic rings. The van der Waals surface area contributed by atoms with Crippen molar-refractivity contribution in [3.05, 3.63) is 29.6 Å². The highest BCUT2D eigenvalue weighted by Crippen LogP contribution is 2.13. The van der Waals surface area contributed by atoms with E-state index in [0.29, 0.717) is 5.56 Å². The van der Waals surface area contributed by atoms with Crippen molar-refractivity contribution >= 4 is 18.0 Å². The molecule has 0 aliphatic carbocycles. The lowest BCUT2D eigenvalue weighted by molar-refractivity contribution is -0.139. The van der Waals surface area contributed by atoms with Gasteiger partial charge in [0, 0.05) is 12.6 Å². The van der Waals surface area contributed by atoms with E-state index in [9.17, 15) is 19.5 Å². The molecule has 1 amide bonds. The predicted octanol–water partition coefficient (Wildman–Crippen LogP) is 2.56. The molecule has 1 atom stereocenters. The van der Waals surface area contributed by atoms with E-state index in [4.69, 9.17) is 9.47 Å². The lowest BCUT2D eigenvalue weighted by Crippen LogP contribution is -2.44. The van der Waals surface area contributed by atoms with E-state index in [1.54, 1.807) is 47.6 Å². The number of carboxylic acid groups (broad SMARTS) is 1. The van der Waals surface area contributed by atoms with Crippen LogP contribution in [-0.4, -0.2) is 45.4 Å². The van der Waals surface area contributed by atoms with Crippen molar-refractivity contribution in [3.63, 3.8) is 0 Å². The number of carbonyl (C=O) groups is 3. The molecule has 0 unspecified atom stereocenters. The normalized spacial score (nSPS) is 12.8. The van der Waals surface area contributed by atoms with Crippen LogP contribution in [0.2, 0.25) is 0 Å². The molecule has 0 aliphatic heterocycles. The van der Waals surface area contributed by atoms with Crippen molar-refractivity contribution in [3.8, 4) is 0 Å². The van der Waals surface area contributed by atoms with E-state index < -0.39 is 35.3 Å². The maximum absolute atomic E-state index is 12.1. The molecule has 0 saturated heterocycles.